The molecule has 0 radical (unpaired) electrons. The van der Waals surface area contributed by atoms with Crippen LogP contribution in [-0.4, -0.2) is 11.0 Å². The average molecular weight is 176 g/mol. The number of fused-ring (bicyclic) bond motifs is 1. The van der Waals surface area contributed by atoms with Crippen LogP contribution in [0.15, 0.2) is 36.5 Å². The van der Waals surface area contributed by atoms with E-state index in [1.165, 1.54) is 10.9 Å². The van der Waals surface area contributed by atoms with Crippen LogP contribution in [0.2, 0.25) is 0 Å². The number of aromatic nitrogens is 1. The van der Waals surface area contributed by atoms with Gasteiger partial charge in [-0.05, 0) is 23.6 Å². The number of hydrogen-bond donors (Lipinski definition) is 2. The minimum absolute atomic E-state index is 0.333. The van der Waals surface area contributed by atoms with Crippen molar-refractivity contribution in [2.75, 3.05) is 0 Å². The second kappa shape index (κ2) is 4.67. The first-order valence-electron chi connectivity index (χ1n) is 4.48. The van der Waals surface area contributed by atoms with Crippen molar-refractivity contribution < 1.29 is 0 Å². The summed E-state index contributed by atoms with van der Waals surface area (Å²) in [6.07, 6.45) is 1.95. The van der Waals surface area contributed by atoms with Crippen LogP contribution < -0.4 is 5.73 Å². The first-order valence-corrected chi connectivity index (χ1v) is 4.48. The minimum atomic E-state index is 0.333. The van der Waals surface area contributed by atoms with Crippen molar-refractivity contribution in [2.45, 2.75) is 19.9 Å². The highest BCUT2D eigenvalue weighted by Crippen LogP contribution is 2.09. The van der Waals surface area contributed by atoms with Crippen molar-refractivity contribution in [1.82, 2.24) is 4.98 Å². The molecule has 1 aromatic carbocycles. The van der Waals surface area contributed by atoms with E-state index in [0.717, 1.165) is 0 Å². The van der Waals surface area contributed by atoms with Crippen molar-refractivity contribution in [3.63, 3.8) is 0 Å². The number of nitrogens with one attached hydrogen (secondary N) is 1. The van der Waals surface area contributed by atoms with Gasteiger partial charge in [0.05, 0.1) is 0 Å². The van der Waals surface area contributed by atoms with Crippen LogP contribution in [0.4, 0.5) is 0 Å². The van der Waals surface area contributed by atoms with E-state index >= 15 is 0 Å². The SMILES string of the molecule is CC(C)N.c1ccc2[nH]ccc2c1. The van der Waals surface area contributed by atoms with Gasteiger partial charge in [0.1, 0.15) is 0 Å². The smallest absolute Gasteiger partial charge is 0.0453 e. The molecule has 0 bridgehead atoms. The molecule has 2 aromatic rings. The minimum Gasteiger partial charge on any atom is -0.361 e. The maximum Gasteiger partial charge on any atom is 0.0453 e. The third-order valence-corrected chi connectivity index (χ3v) is 1.46. The predicted molar refractivity (Wildman–Crippen MR) is 57.6 cm³/mol. The molecule has 1 aromatic heterocycles. The number of H-pyrrole nitrogens is 1. The Bertz CT molecular complexity index is 317. The Morgan fingerprint density at radius 1 is 1.15 bits per heavy atom. The summed E-state index contributed by atoms with van der Waals surface area (Å²) in [6, 6.07) is 10.6. The van der Waals surface area contributed by atoms with Crippen molar-refractivity contribution in [2.24, 2.45) is 5.73 Å². The second-order valence-corrected chi connectivity index (χ2v) is 3.31. The zero-order chi connectivity index (χ0) is 9.68. The fraction of sp³-hybridized carbons (Fsp3) is 0.273. The maximum absolute atomic E-state index is 5.11. The van der Waals surface area contributed by atoms with Gasteiger partial charge in [-0.2, -0.15) is 0 Å². The van der Waals surface area contributed by atoms with Crippen LogP contribution in [0.3, 0.4) is 0 Å². The highest BCUT2D eigenvalue weighted by Gasteiger charge is 1.86. The summed E-state index contributed by atoms with van der Waals surface area (Å²) >= 11 is 0. The first kappa shape index (κ1) is 9.81. The largest absolute Gasteiger partial charge is 0.361 e. The monoisotopic (exact) mass is 176 g/mol. The standard InChI is InChI=1S/C8H7N.C3H9N/c1-2-4-8-7(3-1)5-6-9-8;1-3(2)4/h1-6,9H;3H,4H2,1-2H3. The van der Waals surface area contributed by atoms with Gasteiger partial charge in [0.15, 0.2) is 0 Å². The molecule has 0 spiro atoms. The molecule has 0 saturated heterocycles. The average Bonchev–Trinajstić information content (AvgIpc) is 2.49. The number of hydrogen-bond acceptors (Lipinski definition) is 1. The normalized spacial score (nSPS) is 9.85. The van der Waals surface area contributed by atoms with Crippen LogP contribution in [0.1, 0.15) is 13.8 Å². The van der Waals surface area contributed by atoms with Gasteiger partial charge in [-0.3, -0.25) is 0 Å². The molecular formula is C11H16N2. The van der Waals surface area contributed by atoms with Crippen LogP contribution in [-0.2, 0) is 0 Å². The Morgan fingerprint density at radius 3 is 2.38 bits per heavy atom. The predicted octanol–water partition coefficient (Wildman–Crippen LogP) is 2.52. The van der Waals surface area contributed by atoms with Crippen LogP contribution in [0.25, 0.3) is 10.9 Å². The van der Waals surface area contributed by atoms with Crippen LogP contribution >= 0.6 is 0 Å². The molecule has 70 valence electrons. The third kappa shape index (κ3) is 3.30. The molecule has 0 aliphatic carbocycles. The summed E-state index contributed by atoms with van der Waals surface area (Å²) in [5.74, 6) is 0. The zero-order valence-corrected chi connectivity index (χ0v) is 8.12. The third-order valence-electron chi connectivity index (χ3n) is 1.46. The Balaban J connectivity index is 0.000000184. The molecule has 0 atom stereocenters. The Morgan fingerprint density at radius 2 is 1.77 bits per heavy atom. The zero-order valence-electron chi connectivity index (χ0n) is 8.12. The summed E-state index contributed by atoms with van der Waals surface area (Å²) in [5, 5.41) is 1.28. The summed E-state index contributed by atoms with van der Waals surface area (Å²) < 4.78 is 0. The topological polar surface area (TPSA) is 41.8 Å². The molecular weight excluding hydrogens is 160 g/mol. The molecule has 0 aliphatic rings. The van der Waals surface area contributed by atoms with E-state index < -0.39 is 0 Å². The molecule has 2 nitrogen and oxygen atoms in total. The van der Waals surface area contributed by atoms with Gasteiger partial charge in [-0.25, -0.2) is 0 Å². The van der Waals surface area contributed by atoms with E-state index in [4.69, 9.17) is 5.73 Å². The Kier molecular flexibility index (Phi) is 3.53. The van der Waals surface area contributed by atoms with Crippen LogP contribution in [0.5, 0.6) is 0 Å². The lowest BCUT2D eigenvalue weighted by Crippen LogP contribution is -2.06. The van der Waals surface area contributed by atoms with E-state index in [9.17, 15) is 0 Å². The summed E-state index contributed by atoms with van der Waals surface area (Å²) in [6.45, 7) is 3.89. The van der Waals surface area contributed by atoms with Gasteiger partial charge in [0.25, 0.3) is 0 Å². The lowest BCUT2D eigenvalue weighted by molar-refractivity contribution is 0.834. The Hall–Kier alpha value is -1.28. The lowest BCUT2D eigenvalue weighted by Gasteiger charge is -1.83. The molecule has 1 heterocycles. The van der Waals surface area contributed by atoms with Gasteiger partial charge in [0.2, 0.25) is 0 Å². The highest BCUT2D eigenvalue weighted by molar-refractivity contribution is 5.78. The quantitative estimate of drug-likeness (QED) is 0.636. The molecule has 0 unspecified atom stereocenters. The van der Waals surface area contributed by atoms with Gasteiger partial charge >= 0.3 is 0 Å². The van der Waals surface area contributed by atoms with E-state index in [1.807, 2.05) is 32.2 Å². The highest BCUT2D eigenvalue weighted by atomic mass is 14.7. The van der Waals surface area contributed by atoms with E-state index in [1.54, 1.807) is 0 Å². The van der Waals surface area contributed by atoms with Gasteiger partial charge in [-0.1, -0.05) is 32.0 Å². The van der Waals surface area contributed by atoms with Crippen molar-refractivity contribution in [3.05, 3.63) is 36.5 Å². The van der Waals surface area contributed by atoms with Crippen molar-refractivity contribution in [1.29, 1.82) is 0 Å². The molecule has 2 rings (SSSR count). The van der Waals surface area contributed by atoms with Crippen molar-refractivity contribution in [3.8, 4) is 0 Å². The van der Waals surface area contributed by atoms with Gasteiger partial charge < -0.3 is 10.7 Å². The number of rotatable bonds is 0. The Labute approximate surface area is 78.8 Å². The number of benzene rings is 1. The fourth-order valence-electron chi connectivity index (χ4n) is 0.995. The van der Waals surface area contributed by atoms with Crippen LogP contribution in [0, 0.1) is 0 Å². The second-order valence-electron chi connectivity index (χ2n) is 3.31. The maximum atomic E-state index is 5.11. The number of para-hydroxylation sites is 1. The molecule has 2 heteroatoms. The lowest BCUT2D eigenvalue weighted by atomic mass is 10.3. The summed E-state index contributed by atoms with van der Waals surface area (Å²) in [5.41, 5.74) is 6.32. The molecule has 3 N–H and O–H groups in total. The number of aromatic amines is 1. The van der Waals surface area contributed by atoms with Crippen molar-refractivity contribution >= 4 is 10.9 Å². The summed E-state index contributed by atoms with van der Waals surface area (Å²) in [4.78, 5) is 3.12. The van der Waals surface area contributed by atoms with E-state index in [-0.39, 0.29) is 0 Å². The van der Waals surface area contributed by atoms with E-state index in [0.29, 0.717) is 6.04 Å². The van der Waals surface area contributed by atoms with Gasteiger partial charge in [-0.15, -0.1) is 0 Å². The molecule has 13 heavy (non-hydrogen) atoms. The molecule has 0 amide bonds. The molecule has 0 aliphatic heterocycles. The van der Waals surface area contributed by atoms with Gasteiger partial charge in [0, 0.05) is 11.7 Å². The first-order chi connectivity index (χ1) is 6.20. The number of nitrogens with two attached hydrogens (primary N) is 1. The molecule has 0 saturated carbocycles. The van der Waals surface area contributed by atoms with E-state index in [2.05, 4.69) is 23.2 Å². The summed E-state index contributed by atoms with van der Waals surface area (Å²) in [7, 11) is 0. The molecule has 0 fully saturated rings. The fourth-order valence-corrected chi connectivity index (χ4v) is 0.995.